The lowest BCUT2D eigenvalue weighted by molar-refractivity contribution is -0.114. The lowest BCUT2D eigenvalue weighted by Crippen LogP contribution is -2.05. The number of hydrogen-bond acceptors (Lipinski definition) is 5. The Morgan fingerprint density at radius 3 is 2.75 bits per heavy atom. The summed E-state index contributed by atoms with van der Waals surface area (Å²) in [7, 11) is 1.33. The molecular formula is C14H13NO3S2. The summed E-state index contributed by atoms with van der Waals surface area (Å²) >= 11 is 2.90. The van der Waals surface area contributed by atoms with Gasteiger partial charge in [0.2, 0.25) is 5.91 Å². The molecule has 6 heteroatoms. The molecule has 0 radical (unpaired) electrons. The molecule has 2 heterocycles. The zero-order valence-electron chi connectivity index (χ0n) is 11.0. The van der Waals surface area contributed by atoms with E-state index >= 15 is 0 Å². The van der Waals surface area contributed by atoms with E-state index in [9.17, 15) is 9.59 Å². The molecule has 0 aliphatic carbocycles. The molecule has 0 saturated carbocycles. The number of esters is 1. The van der Waals surface area contributed by atoms with Gasteiger partial charge >= 0.3 is 5.97 Å². The Bertz CT molecular complexity index is 641. The lowest BCUT2D eigenvalue weighted by atomic mass is 10.3. The van der Waals surface area contributed by atoms with Crippen molar-refractivity contribution in [2.75, 3.05) is 12.4 Å². The number of carbonyl (C=O) groups excluding carboxylic acids is 2. The van der Waals surface area contributed by atoms with Gasteiger partial charge in [-0.3, -0.25) is 4.79 Å². The number of anilines is 1. The number of ether oxygens (including phenoxy) is 1. The fourth-order valence-corrected chi connectivity index (χ4v) is 3.12. The van der Waals surface area contributed by atoms with Crippen LogP contribution >= 0.6 is 22.7 Å². The van der Waals surface area contributed by atoms with Crippen LogP contribution in [0.2, 0.25) is 0 Å². The van der Waals surface area contributed by atoms with E-state index in [4.69, 9.17) is 4.74 Å². The third kappa shape index (κ3) is 3.55. The average molecular weight is 307 g/mol. The molecule has 0 fully saturated rings. The van der Waals surface area contributed by atoms with Crippen LogP contribution in [0.15, 0.2) is 23.6 Å². The summed E-state index contributed by atoms with van der Waals surface area (Å²) in [5, 5.41) is 4.71. The molecule has 4 nitrogen and oxygen atoms in total. The Labute approximate surface area is 124 Å². The second kappa shape index (κ2) is 6.49. The zero-order chi connectivity index (χ0) is 14.5. The number of thiophene rings is 2. The minimum absolute atomic E-state index is 0.176. The summed E-state index contributed by atoms with van der Waals surface area (Å²) in [6.07, 6.45) is 3.83. The monoisotopic (exact) mass is 307 g/mol. The van der Waals surface area contributed by atoms with E-state index in [0.29, 0.717) is 10.6 Å². The molecule has 0 atom stereocenters. The highest BCUT2D eigenvalue weighted by Crippen LogP contribution is 2.30. The molecule has 2 aromatic heterocycles. The van der Waals surface area contributed by atoms with Gasteiger partial charge in [-0.1, -0.05) is 6.07 Å². The normalized spacial score (nSPS) is 10.7. The minimum Gasteiger partial charge on any atom is -0.465 e. The van der Waals surface area contributed by atoms with Crippen LogP contribution in [0.4, 0.5) is 5.69 Å². The molecule has 0 aromatic carbocycles. The van der Waals surface area contributed by atoms with Crippen molar-refractivity contribution in [1.29, 1.82) is 0 Å². The molecule has 2 aromatic rings. The Morgan fingerprint density at radius 2 is 2.15 bits per heavy atom. The molecule has 0 spiro atoms. The van der Waals surface area contributed by atoms with Gasteiger partial charge in [-0.05, 0) is 29.7 Å². The molecule has 1 N–H and O–H groups in total. The zero-order valence-corrected chi connectivity index (χ0v) is 12.6. The fourth-order valence-electron chi connectivity index (χ4n) is 1.56. The van der Waals surface area contributed by atoms with E-state index in [1.807, 2.05) is 29.7 Å². The van der Waals surface area contributed by atoms with Gasteiger partial charge in [0.05, 0.1) is 17.7 Å². The molecule has 0 aliphatic heterocycles. The summed E-state index contributed by atoms with van der Waals surface area (Å²) in [5.74, 6) is -0.581. The molecule has 0 saturated heterocycles. The number of nitrogens with one attached hydrogen (secondary N) is 1. The minimum atomic E-state index is -0.405. The molecule has 104 valence electrons. The highest BCUT2D eigenvalue weighted by Gasteiger charge is 2.14. The first-order valence-electron chi connectivity index (χ1n) is 5.81. The number of carbonyl (C=O) groups is 2. The van der Waals surface area contributed by atoms with E-state index in [1.165, 1.54) is 25.4 Å². The van der Waals surface area contributed by atoms with Crippen LogP contribution in [-0.2, 0) is 9.53 Å². The maximum atomic E-state index is 11.6. The van der Waals surface area contributed by atoms with Gasteiger partial charge in [0.1, 0.15) is 4.88 Å². The van der Waals surface area contributed by atoms with Gasteiger partial charge in [0, 0.05) is 11.8 Å². The standard InChI is InChI=1S/C14H13NO3S2/c1-9(16)15-11-8-13(14(17)18-2)20-12(11)6-5-10-4-3-7-19-10/h3-8H,1-2H3,(H,15,16). The van der Waals surface area contributed by atoms with Gasteiger partial charge in [-0.25, -0.2) is 4.79 Å². The molecule has 1 amide bonds. The Hall–Kier alpha value is -1.92. The van der Waals surface area contributed by atoms with Gasteiger partial charge in [-0.2, -0.15) is 0 Å². The third-order valence-electron chi connectivity index (χ3n) is 2.40. The fraction of sp³-hybridized carbons (Fsp3) is 0.143. The lowest BCUT2D eigenvalue weighted by Gasteiger charge is -1.99. The maximum Gasteiger partial charge on any atom is 0.348 e. The van der Waals surface area contributed by atoms with Crippen molar-refractivity contribution in [3.05, 3.63) is 38.2 Å². The van der Waals surface area contributed by atoms with Crippen molar-refractivity contribution in [2.24, 2.45) is 0 Å². The Balaban J connectivity index is 2.31. The van der Waals surface area contributed by atoms with Crippen LogP contribution in [-0.4, -0.2) is 19.0 Å². The first-order valence-corrected chi connectivity index (χ1v) is 7.51. The van der Waals surface area contributed by atoms with Crippen molar-refractivity contribution in [2.45, 2.75) is 6.92 Å². The van der Waals surface area contributed by atoms with Crippen molar-refractivity contribution in [3.63, 3.8) is 0 Å². The topological polar surface area (TPSA) is 55.4 Å². The number of methoxy groups -OCH3 is 1. The largest absolute Gasteiger partial charge is 0.465 e. The SMILES string of the molecule is COC(=O)c1cc(NC(C)=O)c(C=Cc2cccs2)s1. The van der Waals surface area contributed by atoms with Gasteiger partial charge < -0.3 is 10.1 Å². The van der Waals surface area contributed by atoms with E-state index in [-0.39, 0.29) is 5.91 Å². The molecular weight excluding hydrogens is 294 g/mol. The second-order valence-electron chi connectivity index (χ2n) is 3.91. The number of rotatable bonds is 4. The van der Waals surface area contributed by atoms with E-state index in [1.54, 1.807) is 17.4 Å². The van der Waals surface area contributed by atoms with Crippen LogP contribution in [0.3, 0.4) is 0 Å². The van der Waals surface area contributed by atoms with Crippen molar-refractivity contribution in [3.8, 4) is 0 Å². The number of amides is 1. The molecule has 2 rings (SSSR count). The highest BCUT2D eigenvalue weighted by atomic mass is 32.1. The van der Waals surface area contributed by atoms with Crippen molar-refractivity contribution < 1.29 is 14.3 Å². The Morgan fingerprint density at radius 1 is 1.35 bits per heavy atom. The van der Waals surface area contributed by atoms with Gasteiger partial charge in [-0.15, -0.1) is 22.7 Å². The summed E-state index contributed by atoms with van der Waals surface area (Å²) < 4.78 is 4.70. The van der Waals surface area contributed by atoms with Crippen LogP contribution in [0, 0.1) is 0 Å². The maximum absolute atomic E-state index is 11.6. The van der Waals surface area contributed by atoms with Gasteiger partial charge in [0.15, 0.2) is 0 Å². The van der Waals surface area contributed by atoms with Gasteiger partial charge in [0.25, 0.3) is 0 Å². The summed E-state index contributed by atoms with van der Waals surface area (Å²) in [6, 6.07) is 5.59. The van der Waals surface area contributed by atoms with Crippen LogP contribution in [0.1, 0.15) is 26.3 Å². The number of hydrogen-bond donors (Lipinski definition) is 1. The smallest absolute Gasteiger partial charge is 0.348 e. The van der Waals surface area contributed by atoms with Crippen LogP contribution in [0.25, 0.3) is 12.2 Å². The van der Waals surface area contributed by atoms with E-state index in [2.05, 4.69) is 5.32 Å². The summed E-state index contributed by atoms with van der Waals surface area (Å²) in [5.41, 5.74) is 0.621. The quantitative estimate of drug-likeness (QED) is 0.876. The highest BCUT2D eigenvalue weighted by molar-refractivity contribution is 7.15. The summed E-state index contributed by atoms with van der Waals surface area (Å²) in [4.78, 5) is 25.1. The molecule has 0 unspecified atom stereocenters. The average Bonchev–Trinajstić information content (AvgIpc) is 3.04. The third-order valence-corrected chi connectivity index (χ3v) is 4.32. The predicted octanol–water partition coefficient (Wildman–Crippen LogP) is 3.73. The summed E-state index contributed by atoms with van der Waals surface area (Å²) in [6.45, 7) is 1.43. The second-order valence-corrected chi connectivity index (χ2v) is 5.97. The molecule has 20 heavy (non-hydrogen) atoms. The molecule has 0 aliphatic rings. The van der Waals surface area contributed by atoms with Crippen molar-refractivity contribution >= 4 is 52.4 Å². The van der Waals surface area contributed by atoms with Crippen molar-refractivity contribution in [1.82, 2.24) is 0 Å². The first-order chi connectivity index (χ1) is 9.60. The first kappa shape index (κ1) is 14.5. The van der Waals surface area contributed by atoms with E-state index < -0.39 is 5.97 Å². The van der Waals surface area contributed by atoms with E-state index in [0.717, 1.165) is 9.75 Å². The Kier molecular flexibility index (Phi) is 4.70. The van der Waals surface area contributed by atoms with Crippen LogP contribution < -0.4 is 5.32 Å². The predicted molar refractivity (Wildman–Crippen MR) is 83.2 cm³/mol. The van der Waals surface area contributed by atoms with Crippen LogP contribution in [0.5, 0.6) is 0 Å². The molecule has 0 bridgehead atoms.